The van der Waals surface area contributed by atoms with Gasteiger partial charge in [-0.25, -0.2) is 12.8 Å². The van der Waals surface area contributed by atoms with Gasteiger partial charge in [-0.05, 0) is 37.1 Å². The van der Waals surface area contributed by atoms with Crippen LogP contribution in [0.15, 0.2) is 29.2 Å². The van der Waals surface area contributed by atoms with Crippen molar-refractivity contribution in [2.75, 3.05) is 5.75 Å². The predicted octanol–water partition coefficient (Wildman–Crippen LogP) is 2.36. The number of carbonyl (C=O) groups is 1. The van der Waals surface area contributed by atoms with Crippen molar-refractivity contribution in [3.63, 3.8) is 0 Å². The van der Waals surface area contributed by atoms with Gasteiger partial charge in [-0.1, -0.05) is 6.42 Å². The van der Waals surface area contributed by atoms with Crippen LogP contribution in [0.3, 0.4) is 0 Å². The van der Waals surface area contributed by atoms with Gasteiger partial charge in [0.25, 0.3) is 0 Å². The average molecular weight is 258 g/mol. The lowest BCUT2D eigenvalue weighted by molar-refractivity contribution is -0.107. The maximum absolute atomic E-state index is 12.6. The number of rotatable bonds is 7. The zero-order chi connectivity index (χ0) is 12.7. The van der Waals surface area contributed by atoms with E-state index in [-0.39, 0.29) is 10.6 Å². The van der Waals surface area contributed by atoms with Crippen LogP contribution in [-0.4, -0.2) is 20.5 Å². The summed E-state index contributed by atoms with van der Waals surface area (Å²) in [4.78, 5) is 10.2. The lowest BCUT2D eigenvalue weighted by Crippen LogP contribution is -2.06. The molecular weight excluding hydrogens is 243 g/mol. The van der Waals surface area contributed by atoms with Crippen LogP contribution in [0.2, 0.25) is 0 Å². The molecule has 0 bridgehead atoms. The van der Waals surface area contributed by atoms with Gasteiger partial charge >= 0.3 is 0 Å². The van der Waals surface area contributed by atoms with Crippen molar-refractivity contribution in [1.29, 1.82) is 0 Å². The van der Waals surface area contributed by atoms with Crippen molar-refractivity contribution in [2.45, 2.75) is 30.6 Å². The number of sulfone groups is 1. The highest BCUT2D eigenvalue weighted by Gasteiger charge is 2.13. The first-order chi connectivity index (χ1) is 8.06. The lowest BCUT2D eigenvalue weighted by atomic mass is 10.2. The second kappa shape index (κ2) is 6.49. The van der Waals surface area contributed by atoms with E-state index in [4.69, 9.17) is 0 Å². The lowest BCUT2D eigenvalue weighted by Gasteiger charge is -2.03. The van der Waals surface area contributed by atoms with E-state index in [1.807, 2.05) is 0 Å². The van der Waals surface area contributed by atoms with E-state index < -0.39 is 15.7 Å². The highest BCUT2D eigenvalue weighted by atomic mass is 32.2. The maximum Gasteiger partial charge on any atom is 0.178 e. The zero-order valence-electron chi connectivity index (χ0n) is 9.43. The molecular formula is C12H15FO3S. The molecule has 0 radical (unpaired) electrons. The molecule has 0 saturated carbocycles. The molecule has 5 heteroatoms. The number of hydrogen-bond donors (Lipinski definition) is 0. The standard InChI is InChI=1S/C12H15FO3S/c13-11-5-7-12(8-6-11)17(15,16)10-4-2-1-3-9-14/h5-9H,1-4,10H2. The third-order valence-corrected chi connectivity index (χ3v) is 4.22. The highest BCUT2D eigenvalue weighted by Crippen LogP contribution is 2.14. The van der Waals surface area contributed by atoms with Crippen LogP contribution < -0.4 is 0 Å². The number of aldehydes is 1. The van der Waals surface area contributed by atoms with Crippen molar-refractivity contribution in [2.24, 2.45) is 0 Å². The van der Waals surface area contributed by atoms with E-state index >= 15 is 0 Å². The van der Waals surface area contributed by atoms with Gasteiger partial charge in [0, 0.05) is 6.42 Å². The molecule has 0 N–H and O–H groups in total. The van der Waals surface area contributed by atoms with Gasteiger partial charge in [0.2, 0.25) is 0 Å². The molecule has 0 aromatic heterocycles. The van der Waals surface area contributed by atoms with Gasteiger partial charge in [-0.15, -0.1) is 0 Å². The summed E-state index contributed by atoms with van der Waals surface area (Å²) in [6.45, 7) is 0. The van der Waals surface area contributed by atoms with Crippen LogP contribution in [0.4, 0.5) is 4.39 Å². The molecule has 0 unspecified atom stereocenters. The molecule has 0 saturated heterocycles. The fraction of sp³-hybridized carbons (Fsp3) is 0.417. The molecule has 17 heavy (non-hydrogen) atoms. The molecule has 0 aliphatic heterocycles. The molecule has 0 atom stereocenters. The summed E-state index contributed by atoms with van der Waals surface area (Å²) in [6, 6.07) is 4.82. The third-order valence-electron chi connectivity index (χ3n) is 2.41. The van der Waals surface area contributed by atoms with Crippen molar-refractivity contribution in [1.82, 2.24) is 0 Å². The SMILES string of the molecule is O=CCCCCCS(=O)(=O)c1ccc(F)cc1. The molecule has 0 heterocycles. The molecule has 3 nitrogen and oxygen atoms in total. The summed E-state index contributed by atoms with van der Waals surface area (Å²) in [7, 11) is -3.32. The summed E-state index contributed by atoms with van der Waals surface area (Å²) in [6.07, 6.45) is 3.24. The number of benzene rings is 1. The van der Waals surface area contributed by atoms with E-state index in [9.17, 15) is 17.6 Å². The molecule has 0 fully saturated rings. The topological polar surface area (TPSA) is 51.2 Å². The molecule has 0 aliphatic rings. The number of halogens is 1. The fourth-order valence-electron chi connectivity index (χ4n) is 1.46. The molecule has 94 valence electrons. The fourth-order valence-corrected chi connectivity index (χ4v) is 2.83. The maximum atomic E-state index is 12.6. The van der Waals surface area contributed by atoms with Gasteiger partial charge in [-0.2, -0.15) is 0 Å². The Morgan fingerprint density at radius 1 is 1.06 bits per heavy atom. The molecule has 0 spiro atoms. The number of carbonyl (C=O) groups excluding carboxylic acids is 1. The van der Waals surface area contributed by atoms with Gasteiger partial charge in [0.1, 0.15) is 12.1 Å². The molecule has 1 rings (SSSR count). The van der Waals surface area contributed by atoms with Crippen molar-refractivity contribution < 1.29 is 17.6 Å². The van der Waals surface area contributed by atoms with Crippen LogP contribution >= 0.6 is 0 Å². The number of unbranched alkanes of at least 4 members (excludes halogenated alkanes) is 3. The minimum absolute atomic E-state index is 0.0392. The second-order valence-corrected chi connectivity index (χ2v) is 5.90. The van der Waals surface area contributed by atoms with E-state index in [0.717, 1.165) is 18.4 Å². The van der Waals surface area contributed by atoms with Gasteiger partial charge in [0.15, 0.2) is 9.84 Å². The smallest absolute Gasteiger partial charge is 0.178 e. The third kappa shape index (κ3) is 4.65. The van der Waals surface area contributed by atoms with Gasteiger partial charge in [-0.3, -0.25) is 0 Å². The van der Waals surface area contributed by atoms with Crippen LogP contribution in [0, 0.1) is 5.82 Å². The highest BCUT2D eigenvalue weighted by molar-refractivity contribution is 7.91. The van der Waals surface area contributed by atoms with E-state index in [0.29, 0.717) is 25.7 Å². The summed E-state index contributed by atoms with van der Waals surface area (Å²) in [5, 5.41) is 0. The molecule has 1 aromatic carbocycles. The number of hydrogen-bond acceptors (Lipinski definition) is 3. The Bertz CT molecular complexity index is 451. The first kappa shape index (κ1) is 13.8. The Morgan fingerprint density at radius 3 is 2.29 bits per heavy atom. The predicted molar refractivity (Wildman–Crippen MR) is 63.0 cm³/mol. The Kier molecular flexibility index (Phi) is 5.28. The summed E-state index contributed by atoms with van der Waals surface area (Å²) in [5.74, 6) is -0.410. The van der Waals surface area contributed by atoms with E-state index in [1.54, 1.807) is 0 Å². The van der Waals surface area contributed by atoms with E-state index in [1.165, 1.54) is 12.1 Å². The quantitative estimate of drug-likeness (QED) is 0.428. The van der Waals surface area contributed by atoms with Crippen molar-refractivity contribution in [3.05, 3.63) is 30.1 Å². The summed E-state index contributed by atoms with van der Waals surface area (Å²) >= 11 is 0. The van der Waals surface area contributed by atoms with Crippen LogP contribution in [0.1, 0.15) is 25.7 Å². The first-order valence-corrected chi connectivity index (χ1v) is 7.13. The Hall–Kier alpha value is -1.23. The van der Waals surface area contributed by atoms with Crippen LogP contribution in [-0.2, 0) is 14.6 Å². The Balaban J connectivity index is 2.51. The Morgan fingerprint density at radius 2 is 1.71 bits per heavy atom. The second-order valence-electron chi connectivity index (χ2n) is 3.79. The summed E-state index contributed by atoms with van der Waals surface area (Å²) < 4.78 is 36.2. The normalized spacial score (nSPS) is 11.4. The van der Waals surface area contributed by atoms with Crippen molar-refractivity contribution in [3.8, 4) is 0 Å². The largest absolute Gasteiger partial charge is 0.303 e. The minimum Gasteiger partial charge on any atom is -0.303 e. The van der Waals surface area contributed by atoms with Crippen LogP contribution in [0.5, 0.6) is 0 Å². The molecule has 0 amide bonds. The average Bonchev–Trinajstić information content (AvgIpc) is 2.29. The summed E-state index contributed by atoms with van der Waals surface area (Å²) in [5.41, 5.74) is 0. The first-order valence-electron chi connectivity index (χ1n) is 5.48. The van der Waals surface area contributed by atoms with Gasteiger partial charge < -0.3 is 4.79 Å². The van der Waals surface area contributed by atoms with Crippen LogP contribution in [0.25, 0.3) is 0 Å². The monoisotopic (exact) mass is 258 g/mol. The van der Waals surface area contributed by atoms with E-state index in [2.05, 4.69) is 0 Å². The Labute approximate surface area is 101 Å². The minimum atomic E-state index is -3.32. The molecule has 0 aliphatic carbocycles. The zero-order valence-corrected chi connectivity index (χ0v) is 10.2. The van der Waals surface area contributed by atoms with Crippen molar-refractivity contribution >= 4 is 16.1 Å². The van der Waals surface area contributed by atoms with Gasteiger partial charge in [0.05, 0.1) is 10.6 Å². The molecule has 1 aromatic rings.